The van der Waals surface area contributed by atoms with Crippen LogP contribution in [0, 0.1) is 5.92 Å². The van der Waals surface area contributed by atoms with Gasteiger partial charge in [0.1, 0.15) is 11.1 Å². The van der Waals surface area contributed by atoms with Crippen molar-refractivity contribution in [3.63, 3.8) is 0 Å². The Labute approximate surface area is 160 Å². The van der Waals surface area contributed by atoms with Crippen molar-refractivity contribution in [2.24, 2.45) is 5.92 Å². The van der Waals surface area contributed by atoms with Crippen molar-refractivity contribution in [1.29, 1.82) is 0 Å². The van der Waals surface area contributed by atoms with Crippen LogP contribution in [0.3, 0.4) is 0 Å². The first kappa shape index (κ1) is 19.7. The molecule has 6 nitrogen and oxygen atoms in total. The van der Waals surface area contributed by atoms with Crippen LogP contribution in [-0.2, 0) is 17.6 Å². The molecule has 0 saturated heterocycles. The van der Waals surface area contributed by atoms with Gasteiger partial charge >= 0.3 is 6.09 Å². The molecule has 1 atom stereocenters. The van der Waals surface area contributed by atoms with E-state index >= 15 is 0 Å². The molecule has 1 fully saturated rings. The summed E-state index contributed by atoms with van der Waals surface area (Å²) in [4.78, 5) is 16.6. The Morgan fingerprint density at radius 3 is 2.70 bits per heavy atom. The van der Waals surface area contributed by atoms with E-state index in [2.05, 4.69) is 10.3 Å². The predicted octanol–water partition coefficient (Wildman–Crippen LogP) is 3.99. The third-order valence-electron chi connectivity index (χ3n) is 4.77. The lowest BCUT2D eigenvalue weighted by Crippen LogP contribution is -2.50. The van der Waals surface area contributed by atoms with E-state index in [1.54, 1.807) is 0 Å². The van der Waals surface area contributed by atoms with Gasteiger partial charge in [0, 0.05) is 6.42 Å². The summed E-state index contributed by atoms with van der Waals surface area (Å²) in [6, 6.07) is 5.99. The van der Waals surface area contributed by atoms with Gasteiger partial charge in [-0.2, -0.15) is 0 Å². The number of carbonyl (C=O) groups excluding carboxylic acids is 1. The molecule has 2 N–H and O–H groups in total. The summed E-state index contributed by atoms with van der Waals surface area (Å²) in [5, 5.41) is 12.6. The van der Waals surface area contributed by atoms with E-state index in [-0.39, 0.29) is 6.61 Å². The maximum absolute atomic E-state index is 12.0. The topological polar surface area (TPSA) is 84.6 Å². The molecule has 0 radical (unpaired) electrons. The van der Waals surface area contributed by atoms with Gasteiger partial charge in [0.15, 0.2) is 11.5 Å². The number of carbonyl (C=O) groups is 1. The number of amides is 1. The molecule has 3 rings (SSSR count). The smallest absolute Gasteiger partial charge is 0.408 e. The highest BCUT2D eigenvalue weighted by Crippen LogP contribution is 2.33. The summed E-state index contributed by atoms with van der Waals surface area (Å²) < 4.78 is 11.1. The number of alkyl carbamates (subject to hydrolysis) is 1. The van der Waals surface area contributed by atoms with E-state index in [9.17, 15) is 9.90 Å². The van der Waals surface area contributed by atoms with Gasteiger partial charge < -0.3 is 19.6 Å². The predicted molar refractivity (Wildman–Crippen MR) is 104 cm³/mol. The number of hydrogen-bond donors (Lipinski definition) is 2. The Morgan fingerprint density at radius 2 is 2.07 bits per heavy atom. The molecule has 0 unspecified atom stereocenters. The fourth-order valence-electron chi connectivity index (χ4n) is 2.98. The van der Waals surface area contributed by atoms with Gasteiger partial charge in [0.25, 0.3) is 0 Å². The quantitative estimate of drug-likeness (QED) is 0.765. The van der Waals surface area contributed by atoms with Crippen molar-refractivity contribution < 1.29 is 19.1 Å². The van der Waals surface area contributed by atoms with Crippen molar-refractivity contribution in [2.45, 2.75) is 70.9 Å². The maximum Gasteiger partial charge on any atom is 0.408 e. The normalized spacial score (nSPS) is 16.9. The van der Waals surface area contributed by atoms with Crippen LogP contribution in [0.2, 0.25) is 0 Å². The summed E-state index contributed by atoms with van der Waals surface area (Å²) in [6.45, 7) is 7.09. The Kier molecular flexibility index (Phi) is 5.47. The summed E-state index contributed by atoms with van der Waals surface area (Å²) in [5.74, 6) is 1.55. The largest absolute Gasteiger partial charge is 0.444 e. The average Bonchev–Trinajstić information content (AvgIpc) is 3.28. The zero-order valence-corrected chi connectivity index (χ0v) is 16.7. The summed E-state index contributed by atoms with van der Waals surface area (Å²) in [6.07, 6.45) is 4.24. The SMILES string of the molecule is CC(C)(C)OC(=O)N[C@@](C)(CO)CCc1ccc2oc(CC3CC3)nc2c1. The second kappa shape index (κ2) is 7.50. The number of fused-ring (bicyclic) bond motifs is 1. The third kappa shape index (κ3) is 5.70. The van der Waals surface area contributed by atoms with E-state index in [0.29, 0.717) is 12.8 Å². The van der Waals surface area contributed by atoms with E-state index in [0.717, 1.165) is 34.9 Å². The van der Waals surface area contributed by atoms with Gasteiger partial charge in [0.05, 0.1) is 12.1 Å². The lowest BCUT2D eigenvalue weighted by molar-refractivity contribution is 0.0407. The Balaban J connectivity index is 1.61. The van der Waals surface area contributed by atoms with E-state index < -0.39 is 17.2 Å². The summed E-state index contributed by atoms with van der Waals surface area (Å²) in [5.41, 5.74) is 1.45. The van der Waals surface area contributed by atoms with Crippen LogP contribution in [0.1, 0.15) is 58.4 Å². The number of aryl methyl sites for hydroxylation is 1. The highest BCUT2D eigenvalue weighted by Gasteiger charge is 2.28. The molecule has 1 aliphatic carbocycles. The van der Waals surface area contributed by atoms with Gasteiger partial charge in [-0.05, 0) is 77.0 Å². The van der Waals surface area contributed by atoms with Crippen LogP contribution in [0.5, 0.6) is 0 Å². The number of hydrogen-bond acceptors (Lipinski definition) is 5. The highest BCUT2D eigenvalue weighted by atomic mass is 16.6. The molecule has 148 valence electrons. The first-order valence-electron chi connectivity index (χ1n) is 9.66. The molecule has 6 heteroatoms. The third-order valence-corrected chi connectivity index (χ3v) is 4.77. The number of aliphatic hydroxyl groups is 1. The zero-order valence-electron chi connectivity index (χ0n) is 16.7. The van der Waals surface area contributed by atoms with Gasteiger partial charge in [0.2, 0.25) is 0 Å². The number of aliphatic hydroxyl groups excluding tert-OH is 1. The van der Waals surface area contributed by atoms with E-state index in [1.807, 2.05) is 45.9 Å². The minimum absolute atomic E-state index is 0.163. The molecule has 2 aromatic rings. The van der Waals surface area contributed by atoms with Crippen LogP contribution in [-0.4, -0.2) is 33.9 Å². The lowest BCUT2D eigenvalue weighted by Gasteiger charge is -2.30. The molecule has 1 heterocycles. The standard InChI is InChI=1S/C21H30N2O4/c1-20(2,3)27-19(25)23-21(4,13-24)10-9-15-7-8-17-16(11-15)22-18(26-17)12-14-5-6-14/h7-8,11,14,24H,5-6,9-10,12-13H2,1-4H3,(H,23,25)/t21-/m1/s1. The number of oxazole rings is 1. The van der Waals surface area contributed by atoms with Crippen LogP contribution in [0.4, 0.5) is 4.79 Å². The second-order valence-electron chi connectivity index (χ2n) is 8.90. The molecule has 1 aliphatic rings. The molecule has 0 bridgehead atoms. The average molecular weight is 374 g/mol. The first-order chi connectivity index (χ1) is 12.7. The molecule has 27 heavy (non-hydrogen) atoms. The minimum atomic E-state index is -0.752. The van der Waals surface area contributed by atoms with Gasteiger partial charge in [-0.1, -0.05) is 6.07 Å². The Hall–Kier alpha value is -2.08. The molecular formula is C21H30N2O4. The van der Waals surface area contributed by atoms with Crippen molar-refractivity contribution in [1.82, 2.24) is 10.3 Å². The van der Waals surface area contributed by atoms with E-state index in [1.165, 1.54) is 12.8 Å². The lowest BCUT2D eigenvalue weighted by atomic mass is 9.94. The molecule has 1 aromatic carbocycles. The number of ether oxygens (including phenoxy) is 1. The molecule has 0 aliphatic heterocycles. The van der Waals surface area contributed by atoms with Gasteiger partial charge in [-0.25, -0.2) is 9.78 Å². The monoisotopic (exact) mass is 374 g/mol. The van der Waals surface area contributed by atoms with Crippen molar-refractivity contribution in [3.05, 3.63) is 29.7 Å². The fourth-order valence-corrected chi connectivity index (χ4v) is 2.98. The molecule has 0 spiro atoms. The first-order valence-corrected chi connectivity index (χ1v) is 9.66. The highest BCUT2D eigenvalue weighted by molar-refractivity contribution is 5.73. The number of aromatic nitrogens is 1. The number of nitrogens with one attached hydrogen (secondary N) is 1. The van der Waals surface area contributed by atoms with Crippen LogP contribution >= 0.6 is 0 Å². The van der Waals surface area contributed by atoms with Crippen LogP contribution in [0.15, 0.2) is 22.6 Å². The van der Waals surface area contributed by atoms with Crippen molar-refractivity contribution >= 4 is 17.2 Å². The Morgan fingerprint density at radius 1 is 1.33 bits per heavy atom. The minimum Gasteiger partial charge on any atom is -0.444 e. The molecule has 1 amide bonds. The zero-order chi connectivity index (χ0) is 19.7. The van der Waals surface area contributed by atoms with Gasteiger partial charge in [-0.15, -0.1) is 0 Å². The number of nitrogens with zero attached hydrogens (tertiary/aromatic N) is 1. The summed E-state index contributed by atoms with van der Waals surface area (Å²) in [7, 11) is 0. The second-order valence-corrected chi connectivity index (χ2v) is 8.90. The number of benzene rings is 1. The van der Waals surface area contributed by atoms with Crippen LogP contribution in [0.25, 0.3) is 11.1 Å². The molecule has 1 saturated carbocycles. The summed E-state index contributed by atoms with van der Waals surface area (Å²) >= 11 is 0. The fraction of sp³-hybridized carbons (Fsp3) is 0.619. The molecule has 1 aromatic heterocycles. The maximum atomic E-state index is 12.0. The Bertz CT molecular complexity index is 804. The molecular weight excluding hydrogens is 344 g/mol. The van der Waals surface area contributed by atoms with Crippen LogP contribution < -0.4 is 5.32 Å². The van der Waals surface area contributed by atoms with E-state index in [4.69, 9.17) is 9.15 Å². The number of rotatable bonds is 7. The van der Waals surface area contributed by atoms with Gasteiger partial charge in [-0.3, -0.25) is 0 Å². The van der Waals surface area contributed by atoms with Crippen molar-refractivity contribution in [3.8, 4) is 0 Å². The van der Waals surface area contributed by atoms with Crippen molar-refractivity contribution in [2.75, 3.05) is 6.61 Å².